The molecule has 0 atom stereocenters. The second-order valence-electron chi connectivity index (χ2n) is 2.97. The number of hydrogen-bond acceptors (Lipinski definition) is 1. The van der Waals surface area contributed by atoms with Crippen molar-refractivity contribution in [2.24, 2.45) is 0 Å². The lowest BCUT2D eigenvalue weighted by atomic mass is 10.1. The average molecular weight is 162 g/mol. The van der Waals surface area contributed by atoms with Gasteiger partial charge >= 0.3 is 0 Å². The van der Waals surface area contributed by atoms with Crippen LogP contribution in [-0.4, -0.2) is 4.98 Å². The van der Waals surface area contributed by atoms with E-state index in [0.717, 1.165) is 6.42 Å². The van der Waals surface area contributed by atoms with Gasteiger partial charge in [-0.3, -0.25) is 0 Å². The Kier molecular flexibility index (Phi) is 4.28. The molecule has 0 aliphatic heterocycles. The van der Waals surface area contributed by atoms with E-state index in [1.165, 1.54) is 25.0 Å². The Bertz CT molecular complexity index is 207. The van der Waals surface area contributed by atoms with Crippen LogP contribution in [0.1, 0.15) is 31.9 Å². The fourth-order valence-electron chi connectivity index (χ4n) is 1.17. The molecule has 0 aliphatic rings. The summed E-state index contributed by atoms with van der Waals surface area (Å²) < 4.78 is 0. The standard InChI is InChI=1S/C11H16N/c1-2-3-5-8-11-9-6-4-7-10-12-11/h4,6-7,9-10H,2-3,5,8H2,1H3/q+1. The smallest absolute Gasteiger partial charge is 0.109 e. The van der Waals surface area contributed by atoms with Crippen LogP contribution in [0, 0.1) is 0 Å². The van der Waals surface area contributed by atoms with E-state index in [1.54, 1.807) is 0 Å². The highest BCUT2D eigenvalue weighted by Crippen LogP contribution is 2.01. The Labute approximate surface area is 74.5 Å². The van der Waals surface area contributed by atoms with Gasteiger partial charge < -0.3 is 0 Å². The Morgan fingerprint density at radius 2 is 2.33 bits per heavy atom. The number of nitrogens with zero attached hydrogens (tertiary/aromatic N) is 1. The molecule has 1 aromatic rings. The molecule has 1 nitrogen and oxygen atoms in total. The summed E-state index contributed by atoms with van der Waals surface area (Å²) >= 11 is 0. The molecule has 1 heterocycles. The first-order chi connectivity index (χ1) is 5.93. The third kappa shape index (κ3) is 3.42. The van der Waals surface area contributed by atoms with Crippen molar-refractivity contribution in [3.8, 4) is 0 Å². The van der Waals surface area contributed by atoms with Gasteiger partial charge in [-0.05, 0) is 12.8 Å². The molecule has 1 aromatic heterocycles. The fourth-order valence-corrected chi connectivity index (χ4v) is 1.17. The lowest BCUT2D eigenvalue weighted by Gasteiger charge is -1.93. The first-order valence-electron chi connectivity index (χ1n) is 4.66. The van der Waals surface area contributed by atoms with Gasteiger partial charge in [-0.1, -0.05) is 19.8 Å². The topological polar surface area (TPSA) is 12.9 Å². The molecular weight excluding hydrogens is 146 g/mol. The number of aromatic nitrogens is 1. The fraction of sp³-hybridized carbons (Fsp3) is 0.455. The van der Waals surface area contributed by atoms with Gasteiger partial charge in [0.1, 0.15) is 12.3 Å². The summed E-state index contributed by atoms with van der Waals surface area (Å²) in [7, 11) is 0. The van der Waals surface area contributed by atoms with Crippen LogP contribution >= 0.6 is 0 Å². The lowest BCUT2D eigenvalue weighted by molar-refractivity contribution is 0.708. The van der Waals surface area contributed by atoms with Gasteiger partial charge in [0.05, 0.1) is 17.8 Å². The Morgan fingerprint density at radius 3 is 3.17 bits per heavy atom. The SMILES string of the molecule is CCCCCc1ccc[cH+]cn1. The maximum Gasteiger partial charge on any atom is 0.109 e. The van der Waals surface area contributed by atoms with Crippen LogP contribution in [0.5, 0.6) is 0 Å². The molecule has 0 saturated carbocycles. The van der Waals surface area contributed by atoms with Crippen molar-refractivity contribution in [2.45, 2.75) is 32.6 Å². The number of aryl methyl sites for hydroxylation is 1. The molecule has 64 valence electrons. The Morgan fingerprint density at radius 1 is 1.42 bits per heavy atom. The number of rotatable bonds is 4. The van der Waals surface area contributed by atoms with E-state index in [-0.39, 0.29) is 0 Å². The zero-order valence-electron chi connectivity index (χ0n) is 7.66. The van der Waals surface area contributed by atoms with E-state index in [2.05, 4.69) is 18.0 Å². The van der Waals surface area contributed by atoms with Crippen LogP contribution < -0.4 is 0 Å². The molecule has 0 aromatic carbocycles. The minimum atomic E-state index is 1.11. The highest BCUT2D eigenvalue weighted by molar-refractivity contribution is 5.03. The maximum atomic E-state index is 4.31. The van der Waals surface area contributed by atoms with Gasteiger partial charge in [0.15, 0.2) is 0 Å². The highest BCUT2D eigenvalue weighted by Gasteiger charge is 1.92. The van der Waals surface area contributed by atoms with E-state index in [9.17, 15) is 0 Å². The Balaban J connectivity index is 2.42. The normalized spacial score (nSPS) is 9.75. The molecular formula is C11H16N+. The quantitative estimate of drug-likeness (QED) is 0.489. The van der Waals surface area contributed by atoms with Crippen molar-refractivity contribution in [1.29, 1.82) is 0 Å². The highest BCUT2D eigenvalue weighted by atomic mass is 14.6. The molecule has 0 fully saturated rings. The summed E-state index contributed by atoms with van der Waals surface area (Å²) in [6, 6.07) is 8.11. The second kappa shape index (κ2) is 5.64. The maximum absolute atomic E-state index is 4.31. The monoisotopic (exact) mass is 162 g/mol. The molecule has 1 heteroatoms. The third-order valence-electron chi connectivity index (χ3n) is 1.87. The van der Waals surface area contributed by atoms with E-state index < -0.39 is 0 Å². The van der Waals surface area contributed by atoms with Gasteiger partial charge in [-0.15, -0.1) is 0 Å². The third-order valence-corrected chi connectivity index (χ3v) is 1.87. The van der Waals surface area contributed by atoms with Crippen LogP contribution in [0.4, 0.5) is 0 Å². The molecule has 12 heavy (non-hydrogen) atoms. The van der Waals surface area contributed by atoms with E-state index in [1.807, 2.05) is 24.4 Å². The van der Waals surface area contributed by atoms with E-state index >= 15 is 0 Å². The molecule has 0 saturated heterocycles. The summed E-state index contributed by atoms with van der Waals surface area (Å²) in [4.78, 5) is 4.31. The van der Waals surface area contributed by atoms with E-state index in [4.69, 9.17) is 0 Å². The summed E-state index contributed by atoms with van der Waals surface area (Å²) in [5.41, 5.74) is 1.20. The molecule has 0 amide bonds. The Hall–Kier alpha value is -0.980. The van der Waals surface area contributed by atoms with Crippen LogP contribution in [-0.2, 0) is 6.42 Å². The number of unbranched alkanes of at least 4 members (excludes halogenated alkanes) is 2. The molecule has 0 radical (unpaired) electrons. The molecule has 0 N–H and O–H groups in total. The van der Waals surface area contributed by atoms with Crippen molar-refractivity contribution < 1.29 is 0 Å². The first-order valence-corrected chi connectivity index (χ1v) is 4.66. The van der Waals surface area contributed by atoms with Gasteiger partial charge in [0, 0.05) is 6.07 Å². The summed E-state index contributed by atoms with van der Waals surface area (Å²) in [5, 5.41) is 0. The largest absolute Gasteiger partial charge is 0.237 e. The van der Waals surface area contributed by atoms with Crippen LogP contribution in [0.25, 0.3) is 0 Å². The number of hydrogen-bond donors (Lipinski definition) is 0. The van der Waals surface area contributed by atoms with Crippen LogP contribution in [0.2, 0.25) is 0 Å². The zero-order chi connectivity index (χ0) is 8.65. The van der Waals surface area contributed by atoms with Crippen molar-refractivity contribution in [3.63, 3.8) is 0 Å². The predicted molar refractivity (Wildman–Crippen MR) is 51.9 cm³/mol. The van der Waals surface area contributed by atoms with E-state index in [0.29, 0.717) is 0 Å². The van der Waals surface area contributed by atoms with Crippen molar-refractivity contribution in [2.75, 3.05) is 0 Å². The van der Waals surface area contributed by atoms with Crippen LogP contribution in [0.15, 0.2) is 30.5 Å². The van der Waals surface area contributed by atoms with Crippen molar-refractivity contribution >= 4 is 0 Å². The van der Waals surface area contributed by atoms with Gasteiger partial charge in [-0.25, -0.2) is 4.98 Å². The minimum absolute atomic E-state index is 1.11. The summed E-state index contributed by atoms with van der Waals surface area (Å²) in [5.74, 6) is 0. The summed E-state index contributed by atoms with van der Waals surface area (Å²) in [6.45, 7) is 2.22. The predicted octanol–water partition coefficient (Wildman–Crippen LogP) is 3.10. The zero-order valence-corrected chi connectivity index (χ0v) is 7.66. The average Bonchev–Trinajstić information content (AvgIpc) is 2.33. The lowest BCUT2D eigenvalue weighted by Crippen LogP contribution is -1.85. The van der Waals surface area contributed by atoms with Gasteiger partial charge in [-0.2, -0.15) is 0 Å². The van der Waals surface area contributed by atoms with Crippen molar-refractivity contribution in [3.05, 3.63) is 36.2 Å². The second-order valence-corrected chi connectivity index (χ2v) is 2.97. The van der Waals surface area contributed by atoms with Crippen molar-refractivity contribution in [1.82, 2.24) is 4.98 Å². The molecule has 0 bridgehead atoms. The first kappa shape index (κ1) is 9.11. The summed E-state index contributed by atoms with van der Waals surface area (Å²) in [6.07, 6.45) is 6.82. The molecule has 0 spiro atoms. The molecule has 0 aliphatic carbocycles. The van der Waals surface area contributed by atoms with Gasteiger partial charge in [0.2, 0.25) is 0 Å². The van der Waals surface area contributed by atoms with Crippen LogP contribution in [0.3, 0.4) is 0 Å². The molecule has 0 unspecified atom stereocenters. The molecule has 1 rings (SSSR count). The van der Waals surface area contributed by atoms with Gasteiger partial charge in [0.25, 0.3) is 0 Å². The minimum Gasteiger partial charge on any atom is -0.237 e.